The number of hydrogen-bond donors (Lipinski definition) is 1. The molecule has 1 N–H and O–H groups in total. The third-order valence-corrected chi connectivity index (χ3v) is 4.09. The van der Waals surface area contributed by atoms with Crippen LogP contribution in [0.25, 0.3) is 0 Å². The molecule has 2 rings (SSSR count). The molecule has 0 aromatic heterocycles. The lowest BCUT2D eigenvalue weighted by Crippen LogP contribution is -2.42. The van der Waals surface area contributed by atoms with Crippen LogP contribution in [-0.4, -0.2) is 24.7 Å². The lowest BCUT2D eigenvalue weighted by atomic mass is 9.74. The van der Waals surface area contributed by atoms with Gasteiger partial charge in [0.25, 0.3) is 0 Å². The molecule has 17 heavy (non-hydrogen) atoms. The van der Waals surface area contributed by atoms with E-state index in [0.717, 1.165) is 25.9 Å². The molecule has 2 fully saturated rings. The molecule has 2 aliphatic rings. The van der Waals surface area contributed by atoms with Crippen molar-refractivity contribution in [3.05, 3.63) is 0 Å². The highest BCUT2D eigenvalue weighted by atomic mass is 16.6. The van der Waals surface area contributed by atoms with Gasteiger partial charge in [-0.05, 0) is 46.1 Å². The van der Waals surface area contributed by atoms with Crippen LogP contribution < -0.4 is 5.32 Å². The highest BCUT2D eigenvalue weighted by Crippen LogP contribution is 2.44. The summed E-state index contributed by atoms with van der Waals surface area (Å²) >= 11 is 0. The van der Waals surface area contributed by atoms with Crippen molar-refractivity contribution in [1.82, 2.24) is 5.32 Å². The van der Waals surface area contributed by atoms with Gasteiger partial charge < -0.3 is 10.1 Å². The number of fused-ring (bicyclic) bond motifs is 1. The third-order valence-electron chi connectivity index (χ3n) is 4.09. The van der Waals surface area contributed by atoms with Crippen molar-refractivity contribution in [1.29, 1.82) is 0 Å². The molecule has 1 aliphatic heterocycles. The van der Waals surface area contributed by atoms with E-state index >= 15 is 0 Å². The first kappa shape index (κ1) is 12.9. The standard InChI is InChI=1S/C14H25NO2/c1-13(2,3)17-12(16)14-8-6-4-5-7-11(14)9-15-10-14/h11,15H,4-10H2,1-3H3/t11-,14-/m1/s1. The monoisotopic (exact) mass is 239 g/mol. The summed E-state index contributed by atoms with van der Waals surface area (Å²) in [6.45, 7) is 7.66. The van der Waals surface area contributed by atoms with E-state index in [0.29, 0.717) is 5.92 Å². The lowest BCUT2D eigenvalue weighted by molar-refractivity contribution is -0.169. The molecule has 1 aliphatic carbocycles. The zero-order chi connectivity index (χ0) is 12.5. The molecule has 0 aromatic carbocycles. The van der Waals surface area contributed by atoms with Crippen LogP contribution in [0.5, 0.6) is 0 Å². The van der Waals surface area contributed by atoms with Crippen LogP contribution >= 0.6 is 0 Å². The number of hydrogen-bond acceptors (Lipinski definition) is 3. The van der Waals surface area contributed by atoms with Crippen LogP contribution in [0.3, 0.4) is 0 Å². The van der Waals surface area contributed by atoms with Gasteiger partial charge in [-0.1, -0.05) is 19.3 Å². The number of ether oxygens (including phenoxy) is 1. The maximum Gasteiger partial charge on any atom is 0.314 e. The molecule has 0 unspecified atom stereocenters. The molecule has 1 saturated carbocycles. The molecule has 98 valence electrons. The number of nitrogens with one attached hydrogen (secondary N) is 1. The molecule has 0 spiro atoms. The fourth-order valence-corrected chi connectivity index (χ4v) is 3.21. The average molecular weight is 239 g/mol. The van der Waals surface area contributed by atoms with E-state index in [1.54, 1.807) is 0 Å². The summed E-state index contributed by atoms with van der Waals surface area (Å²) in [5.74, 6) is 0.516. The summed E-state index contributed by atoms with van der Waals surface area (Å²) in [7, 11) is 0. The molecule has 0 bridgehead atoms. The predicted molar refractivity (Wildman–Crippen MR) is 67.7 cm³/mol. The second-order valence-corrected chi connectivity index (χ2v) is 6.59. The summed E-state index contributed by atoms with van der Waals surface area (Å²) in [6.07, 6.45) is 5.86. The van der Waals surface area contributed by atoms with Gasteiger partial charge in [0, 0.05) is 6.54 Å². The average Bonchev–Trinajstić information content (AvgIpc) is 2.50. The van der Waals surface area contributed by atoms with Crippen molar-refractivity contribution in [3.63, 3.8) is 0 Å². The molecule has 0 amide bonds. The van der Waals surface area contributed by atoms with Crippen molar-refractivity contribution in [2.24, 2.45) is 11.3 Å². The number of esters is 1. The maximum atomic E-state index is 12.5. The zero-order valence-corrected chi connectivity index (χ0v) is 11.3. The smallest absolute Gasteiger partial charge is 0.314 e. The van der Waals surface area contributed by atoms with Crippen molar-refractivity contribution >= 4 is 5.97 Å². The van der Waals surface area contributed by atoms with Crippen molar-refractivity contribution in [3.8, 4) is 0 Å². The normalized spacial score (nSPS) is 33.9. The van der Waals surface area contributed by atoms with E-state index in [-0.39, 0.29) is 17.0 Å². The van der Waals surface area contributed by atoms with E-state index in [9.17, 15) is 4.79 Å². The summed E-state index contributed by atoms with van der Waals surface area (Å²) < 4.78 is 5.66. The highest BCUT2D eigenvalue weighted by Gasteiger charge is 2.50. The number of carbonyl (C=O) groups is 1. The molecule has 0 radical (unpaired) electrons. The predicted octanol–water partition coefficient (Wildman–Crippen LogP) is 2.50. The van der Waals surface area contributed by atoms with Gasteiger partial charge in [-0.3, -0.25) is 4.79 Å². The molecular formula is C14H25NO2. The SMILES string of the molecule is CC(C)(C)OC(=O)[C@@]12CCCCC[C@@H]1CNC2. The van der Waals surface area contributed by atoms with Gasteiger partial charge in [-0.2, -0.15) is 0 Å². The molecule has 0 aromatic rings. The molecule has 1 saturated heterocycles. The Bertz CT molecular complexity index is 295. The zero-order valence-electron chi connectivity index (χ0n) is 11.3. The minimum Gasteiger partial charge on any atom is -0.459 e. The van der Waals surface area contributed by atoms with Crippen LogP contribution in [0.15, 0.2) is 0 Å². The summed E-state index contributed by atoms with van der Waals surface area (Å²) in [5.41, 5.74) is -0.602. The Morgan fingerprint density at radius 1 is 1.29 bits per heavy atom. The Kier molecular flexibility index (Phi) is 3.48. The first-order chi connectivity index (χ1) is 7.94. The van der Waals surface area contributed by atoms with Crippen molar-refractivity contribution in [2.45, 2.75) is 58.5 Å². The van der Waals surface area contributed by atoms with Gasteiger partial charge in [0.05, 0.1) is 5.41 Å². The summed E-state index contributed by atoms with van der Waals surface area (Å²) in [4.78, 5) is 12.5. The van der Waals surface area contributed by atoms with Gasteiger partial charge in [0.1, 0.15) is 5.60 Å². The number of rotatable bonds is 1. The largest absolute Gasteiger partial charge is 0.459 e. The van der Waals surface area contributed by atoms with Crippen molar-refractivity contribution in [2.75, 3.05) is 13.1 Å². The Labute approximate surface area is 104 Å². The molecule has 3 nitrogen and oxygen atoms in total. The van der Waals surface area contributed by atoms with Gasteiger partial charge in [-0.15, -0.1) is 0 Å². The Hall–Kier alpha value is -0.570. The summed E-state index contributed by atoms with van der Waals surface area (Å²) in [6, 6.07) is 0. The quantitative estimate of drug-likeness (QED) is 0.714. The second kappa shape index (κ2) is 4.60. The Morgan fingerprint density at radius 3 is 2.76 bits per heavy atom. The topological polar surface area (TPSA) is 38.3 Å². The van der Waals surface area contributed by atoms with Gasteiger partial charge >= 0.3 is 5.97 Å². The van der Waals surface area contributed by atoms with E-state index in [1.165, 1.54) is 19.3 Å². The molecule has 2 atom stereocenters. The van der Waals surface area contributed by atoms with Crippen LogP contribution in [0.2, 0.25) is 0 Å². The van der Waals surface area contributed by atoms with Gasteiger partial charge in [0.15, 0.2) is 0 Å². The van der Waals surface area contributed by atoms with Crippen LogP contribution in [0.1, 0.15) is 52.9 Å². The fourth-order valence-electron chi connectivity index (χ4n) is 3.21. The Morgan fingerprint density at radius 2 is 2.06 bits per heavy atom. The first-order valence-electron chi connectivity index (χ1n) is 6.88. The van der Waals surface area contributed by atoms with Gasteiger partial charge in [0.2, 0.25) is 0 Å². The lowest BCUT2D eigenvalue weighted by Gasteiger charge is -2.34. The van der Waals surface area contributed by atoms with Crippen molar-refractivity contribution < 1.29 is 9.53 Å². The van der Waals surface area contributed by atoms with Crippen LogP contribution in [0.4, 0.5) is 0 Å². The molecule has 1 heterocycles. The van der Waals surface area contributed by atoms with E-state index < -0.39 is 0 Å². The third kappa shape index (κ3) is 2.65. The molecular weight excluding hydrogens is 214 g/mol. The van der Waals surface area contributed by atoms with E-state index in [2.05, 4.69) is 5.32 Å². The Balaban J connectivity index is 2.16. The van der Waals surface area contributed by atoms with Crippen LogP contribution in [0, 0.1) is 11.3 Å². The second-order valence-electron chi connectivity index (χ2n) is 6.59. The number of carbonyl (C=O) groups excluding carboxylic acids is 1. The summed E-state index contributed by atoms with van der Waals surface area (Å²) in [5, 5.41) is 3.40. The minimum absolute atomic E-state index is 0.0295. The van der Waals surface area contributed by atoms with E-state index in [1.807, 2.05) is 20.8 Å². The maximum absolute atomic E-state index is 12.5. The first-order valence-corrected chi connectivity index (χ1v) is 6.88. The van der Waals surface area contributed by atoms with Gasteiger partial charge in [-0.25, -0.2) is 0 Å². The minimum atomic E-state index is -0.370. The fraction of sp³-hybridized carbons (Fsp3) is 0.929. The van der Waals surface area contributed by atoms with E-state index in [4.69, 9.17) is 4.74 Å². The molecule has 3 heteroatoms. The van der Waals surface area contributed by atoms with Crippen LogP contribution in [-0.2, 0) is 9.53 Å². The highest BCUT2D eigenvalue weighted by molar-refractivity contribution is 5.78.